The second-order valence-electron chi connectivity index (χ2n) is 3.78. The molecule has 94 valence electrons. The van der Waals surface area contributed by atoms with Crippen LogP contribution < -0.4 is 10.9 Å². The van der Waals surface area contributed by atoms with E-state index >= 15 is 0 Å². The molecule has 0 aliphatic heterocycles. The zero-order valence-electron chi connectivity index (χ0n) is 9.57. The molecule has 2 rings (SSSR count). The Morgan fingerprint density at radius 2 is 2.11 bits per heavy atom. The number of benzene rings is 1. The van der Waals surface area contributed by atoms with Crippen molar-refractivity contribution < 1.29 is 4.39 Å². The summed E-state index contributed by atoms with van der Waals surface area (Å²) < 4.78 is 15.8. The van der Waals surface area contributed by atoms with Gasteiger partial charge in [-0.05, 0) is 24.3 Å². The lowest BCUT2D eigenvalue weighted by Gasteiger charge is -2.09. The molecular formula is C13H12BrFN2O. The number of rotatable bonds is 4. The first-order chi connectivity index (χ1) is 8.66. The Balaban J connectivity index is 1.99. The highest BCUT2D eigenvalue weighted by Gasteiger charge is 2.02. The van der Waals surface area contributed by atoms with Crippen LogP contribution >= 0.6 is 15.9 Å². The van der Waals surface area contributed by atoms with E-state index in [0.717, 1.165) is 4.47 Å². The number of halogens is 2. The predicted molar refractivity (Wildman–Crippen MR) is 73.3 cm³/mol. The van der Waals surface area contributed by atoms with E-state index in [0.29, 0.717) is 18.8 Å². The summed E-state index contributed by atoms with van der Waals surface area (Å²) in [5.41, 5.74) is 0.363. The molecule has 0 fully saturated rings. The van der Waals surface area contributed by atoms with Gasteiger partial charge in [0.25, 0.3) is 5.56 Å². The minimum absolute atomic E-state index is 0.0611. The van der Waals surface area contributed by atoms with Gasteiger partial charge in [-0.15, -0.1) is 0 Å². The van der Waals surface area contributed by atoms with Crippen molar-refractivity contribution in [1.29, 1.82) is 0 Å². The molecule has 0 unspecified atom stereocenters. The van der Waals surface area contributed by atoms with Gasteiger partial charge in [-0.1, -0.05) is 22.0 Å². The molecule has 0 atom stereocenters. The number of hydrogen-bond donors (Lipinski definition) is 1. The van der Waals surface area contributed by atoms with Gasteiger partial charge in [0, 0.05) is 29.8 Å². The molecule has 1 aromatic carbocycles. The third kappa shape index (κ3) is 3.20. The molecule has 18 heavy (non-hydrogen) atoms. The number of pyridine rings is 1. The van der Waals surface area contributed by atoms with Gasteiger partial charge in [-0.2, -0.15) is 0 Å². The van der Waals surface area contributed by atoms with E-state index in [9.17, 15) is 9.18 Å². The smallest absolute Gasteiger partial charge is 0.250 e. The van der Waals surface area contributed by atoms with Gasteiger partial charge in [0.05, 0.1) is 5.69 Å². The Bertz CT molecular complexity index is 598. The monoisotopic (exact) mass is 310 g/mol. The van der Waals surface area contributed by atoms with Crippen LogP contribution in [0.1, 0.15) is 0 Å². The summed E-state index contributed by atoms with van der Waals surface area (Å²) in [5.74, 6) is -0.307. The zero-order valence-corrected chi connectivity index (χ0v) is 11.2. The second kappa shape index (κ2) is 5.82. The third-order valence-electron chi connectivity index (χ3n) is 2.50. The quantitative estimate of drug-likeness (QED) is 0.942. The maximum atomic E-state index is 13.4. The van der Waals surface area contributed by atoms with Crippen molar-refractivity contribution >= 4 is 21.6 Å². The largest absolute Gasteiger partial charge is 0.381 e. The summed E-state index contributed by atoms with van der Waals surface area (Å²) in [4.78, 5) is 11.4. The molecule has 1 N–H and O–H groups in total. The molecule has 2 aromatic rings. The number of aromatic nitrogens is 1. The average Bonchev–Trinajstić information content (AvgIpc) is 2.36. The lowest BCUT2D eigenvalue weighted by Crippen LogP contribution is -2.22. The highest BCUT2D eigenvalue weighted by molar-refractivity contribution is 9.10. The van der Waals surface area contributed by atoms with E-state index < -0.39 is 0 Å². The molecule has 0 bridgehead atoms. The Labute approximate surface area is 112 Å². The molecule has 0 radical (unpaired) electrons. The first kappa shape index (κ1) is 12.8. The molecule has 3 nitrogen and oxygen atoms in total. The zero-order chi connectivity index (χ0) is 13.0. The highest BCUT2D eigenvalue weighted by atomic mass is 79.9. The molecule has 1 heterocycles. The van der Waals surface area contributed by atoms with Crippen LogP contribution in [-0.4, -0.2) is 11.1 Å². The van der Waals surface area contributed by atoms with Crippen LogP contribution in [0.3, 0.4) is 0 Å². The Hall–Kier alpha value is -1.62. The molecular weight excluding hydrogens is 299 g/mol. The molecule has 5 heteroatoms. The van der Waals surface area contributed by atoms with E-state index in [-0.39, 0.29) is 11.4 Å². The van der Waals surface area contributed by atoms with E-state index in [1.807, 2.05) is 0 Å². The van der Waals surface area contributed by atoms with Gasteiger partial charge in [0.15, 0.2) is 0 Å². The average molecular weight is 311 g/mol. The van der Waals surface area contributed by atoms with Crippen molar-refractivity contribution in [3.05, 3.63) is 63.2 Å². The SMILES string of the molecule is O=c1ccccn1CCNc1cc(Br)ccc1F. The van der Waals surface area contributed by atoms with E-state index in [1.54, 1.807) is 35.0 Å². The van der Waals surface area contributed by atoms with Crippen molar-refractivity contribution in [2.24, 2.45) is 0 Å². The summed E-state index contributed by atoms with van der Waals surface area (Å²) in [7, 11) is 0. The summed E-state index contributed by atoms with van der Waals surface area (Å²) in [5, 5.41) is 2.96. The fraction of sp³-hybridized carbons (Fsp3) is 0.154. The summed E-state index contributed by atoms with van der Waals surface area (Å²) in [6.07, 6.45) is 1.71. The van der Waals surface area contributed by atoms with E-state index in [2.05, 4.69) is 21.2 Å². The second-order valence-corrected chi connectivity index (χ2v) is 4.70. The number of hydrogen-bond acceptors (Lipinski definition) is 2. The van der Waals surface area contributed by atoms with E-state index in [1.165, 1.54) is 12.1 Å². The van der Waals surface area contributed by atoms with E-state index in [4.69, 9.17) is 0 Å². The maximum Gasteiger partial charge on any atom is 0.250 e. The van der Waals surface area contributed by atoms with Crippen molar-refractivity contribution in [3.8, 4) is 0 Å². The molecule has 1 aromatic heterocycles. The number of nitrogens with zero attached hydrogens (tertiary/aromatic N) is 1. The maximum absolute atomic E-state index is 13.4. The predicted octanol–water partition coefficient (Wildman–Crippen LogP) is 2.86. The van der Waals surface area contributed by atoms with Crippen LogP contribution in [0.4, 0.5) is 10.1 Å². The van der Waals surface area contributed by atoms with Crippen LogP contribution in [0.25, 0.3) is 0 Å². The molecule has 0 saturated heterocycles. The lowest BCUT2D eigenvalue weighted by molar-refractivity contribution is 0.626. The first-order valence-corrected chi connectivity index (χ1v) is 6.30. The molecule has 0 aliphatic carbocycles. The Morgan fingerprint density at radius 1 is 1.28 bits per heavy atom. The van der Waals surface area contributed by atoms with Gasteiger partial charge in [0.1, 0.15) is 5.82 Å². The minimum Gasteiger partial charge on any atom is -0.381 e. The van der Waals surface area contributed by atoms with Gasteiger partial charge in [-0.3, -0.25) is 4.79 Å². The normalized spacial score (nSPS) is 10.3. The molecule has 0 aliphatic rings. The molecule has 0 amide bonds. The van der Waals surface area contributed by atoms with Crippen LogP contribution in [-0.2, 0) is 6.54 Å². The van der Waals surface area contributed by atoms with Crippen LogP contribution in [0.15, 0.2) is 51.9 Å². The summed E-state index contributed by atoms with van der Waals surface area (Å²) >= 11 is 3.28. The van der Waals surface area contributed by atoms with Crippen LogP contribution in [0.5, 0.6) is 0 Å². The number of anilines is 1. The fourth-order valence-electron chi connectivity index (χ4n) is 1.59. The minimum atomic E-state index is -0.307. The topological polar surface area (TPSA) is 34.0 Å². The van der Waals surface area contributed by atoms with Gasteiger partial charge in [0.2, 0.25) is 0 Å². The highest BCUT2D eigenvalue weighted by Crippen LogP contribution is 2.19. The van der Waals surface area contributed by atoms with Crippen molar-refractivity contribution in [3.63, 3.8) is 0 Å². The summed E-state index contributed by atoms with van der Waals surface area (Å²) in [6, 6.07) is 9.69. The number of nitrogens with one attached hydrogen (secondary N) is 1. The molecule has 0 saturated carbocycles. The van der Waals surface area contributed by atoms with Gasteiger partial charge in [-0.25, -0.2) is 4.39 Å². The Morgan fingerprint density at radius 3 is 2.89 bits per heavy atom. The standard InChI is InChI=1S/C13H12BrFN2O/c14-10-4-5-11(15)12(9-10)16-6-8-17-7-2-1-3-13(17)18/h1-5,7,9,16H,6,8H2. The Kier molecular flexibility index (Phi) is 4.15. The van der Waals surface area contributed by atoms with Crippen molar-refractivity contribution in [1.82, 2.24) is 4.57 Å². The van der Waals surface area contributed by atoms with Crippen molar-refractivity contribution in [2.75, 3.05) is 11.9 Å². The van der Waals surface area contributed by atoms with Crippen LogP contribution in [0.2, 0.25) is 0 Å². The third-order valence-corrected chi connectivity index (χ3v) is 2.99. The fourth-order valence-corrected chi connectivity index (χ4v) is 1.95. The van der Waals surface area contributed by atoms with Gasteiger partial charge >= 0.3 is 0 Å². The van der Waals surface area contributed by atoms with Crippen molar-refractivity contribution in [2.45, 2.75) is 6.54 Å². The first-order valence-electron chi connectivity index (χ1n) is 5.51. The summed E-state index contributed by atoms with van der Waals surface area (Å²) in [6.45, 7) is 0.975. The van der Waals surface area contributed by atoms with Gasteiger partial charge < -0.3 is 9.88 Å². The lowest BCUT2D eigenvalue weighted by atomic mass is 10.3. The van der Waals surface area contributed by atoms with Crippen LogP contribution in [0, 0.1) is 5.82 Å². The molecule has 0 spiro atoms.